The lowest BCUT2D eigenvalue weighted by molar-refractivity contribution is -0.0213. The Kier molecular flexibility index (Phi) is 5.63. The smallest absolute Gasteiger partial charge is 0.161 e. The Balaban J connectivity index is 2.28. The highest BCUT2D eigenvalue weighted by molar-refractivity contribution is 6.26. The molecular formula is C13H29NO2Si. The Morgan fingerprint density at radius 2 is 1.76 bits per heavy atom. The van der Waals surface area contributed by atoms with Crippen LogP contribution in [-0.4, -0.2) is 40.7 Å². The second-order valence-electron chi connectivity index (χ2n) is 6.49. The van der Waals surface area contributed by atoms with Gasteiger partial charge in [0.05, 0.1) is 6.10 Å². The summed E-state index contributed by atoms with van der Waals surface area (Å²) in [5.41, 5.74) is 0.376. The van der Waals surface area contributed by atoms with E-state index in [1.54, 1.807) is 0 Å². The summed E-state index contributed by atoms with van der Waals surface area (Å²) in [5.74, 6) is 0. The first-order valence-corrected chi connectivity index (χ1v) is 8.32. The molecule has 1 saturated heterocycles. The first-order valence-electron chi connectivity index (χ1n) is 6.74. The van der Waals surface area contributed by atoms with Gasteiger partial charge in [-0.3, -0.25) is 0 Å². The number of rotatable bonds is 6. The second kappa shape index (κ2) is 6.32. The summed E-state index contributed by atoms with van der Waals surface area (Å²) in [6.07, 6.45) is 3.78. The predicted molar refractivity (Wildman–Crippen MR) is 75.2 cm³/mol. The van der Waals surface area contributed by atoms with E-state index in [0.717, 1.165) is 25.9 Å². The van der Waals surface area contributed by atoms with Gasteiger partial charge in [-0.1, -0.05) is 0 Å². The molecule has 1 rings (SSSR count). The lowest BCUT2D eigenvalue weighted by Crippen LogP contribution is -2.59. The van der Waals surface area contributed by atoms with Crippen molar-refractivity contribution in [3.63, 3.8) is 0 Å². The van der Waals surface area contributed by atoms with Crippen LogP contribution >= 0.6 is 0 Å². The molecule has 0 amide bonds. The SMILES string of the molecule is CO[SiH2]CCCOC1CC(C)(C)NC(C)(C)C1. The summed E-state index contributed by atoms with van der Waals surface area (Å²) in [7, 11) is 1.55. The van der Waals surface area contributed by atoms with Gasteiger partial charge < -0.3 is 14.5 Å². The maximum atomic E-state index is 6.03. The molecule has 4 heteroatoms. The van der Waals surface area contributed by atoms with E-state index in [1.807, 2.05) is 7.11 Å². The van der Waals surface area contributed by atoms with Crippen molar-refractivity contribution in [3.8, 4) is 0 Å². The number of piperidine rings is 1. The van der Waals surface area contributed by atoms with Gasteiger partial charge in [-0.25, -0.2) is 0 Å². The molecule has 1 heterocycles. The van der Waals surface area contributed by atoms with Gasteiger partial charge in [0, 0.05) is 24.8 Å². The molecule has 0 radical (unpaired) electrons. The van der Waals surface area contributed by atoms with Gasteiger partial charge in [0.1, 0.15) is 0 Å². The van der Waals surface area contributed by atoms with Crippen molar-refractivity contribution < 1.29 is 9.16 Å². The molecule has 0 aromatic carbocycles. The Morgan fingerprint density at radius 3 is 2.29 bits per heavy atom. The maximum Gasteiger partial charge on any atom is 0.161 e. The lowest BCUT2D eigenvalue weighted by Gasteiger charge is -2.46. The zero-order valence-corrected chi connectivity index (χ0v) is 13.6. The third-order valence-corrected chi connectivity index (χ3v) is 4.45. The van der Waals surface area contributed by atoms with Crippen LogP contribution < -0.4 is 5.32 Å². The van der Waals surface area contributed by atoms with E-state index in [4.69, 9.17) is 9.16 Å². The number of nitrogens with one attached hydrogen (secondary N) is 1. The van der Waals surface area contributed by atoms with E-state index in [-0.39, 0.29) is 20.8 Å². The van der Waals surface area contributed by atoms with Crippen LogP contribution in [0.1, 0.15) is 47.0 Å². The maximum absolute atomic E-state index is 6.03. The molecule has 102 valence electrons. The van der Waals surface area contributed by atoms with Crippen molar-refractivity contribution >= 4 is 9.76 Å². The molecule has 0 aromatic rings. The number of hydrogen-bond acceptors (Lipinski definition) is 3. The summed E-state index contributed by atoms with van der Waals surface area (Å²) in [5, 5.41) is 3.68. The molecule has 0 aromatic heterocycles. The van der Waals surface area contributed by atoms with Gasteiger partial charge in [-0.15, -0.1) is 0 Å². The van der Waals surface area contributed by atoms with E-state index >= 15 is 0 Å². The first-order chi connectivity index (χ1) is 7.85. The Morgan fingerprint density at radius 1 is 1.18 bits per heavy atom. The highest BCUT2D eigenvalue weighted by Crippen LogP contribution is 2.30. The zero-order chi connectivity index (χ0) is 12.9. The van der Waals surface area contributed by atoms with Crippen molar-refractivity contribution in [2.24, 2.45) is 0 Å². The van der Waals surface area contributed by atoms with E-state index in [0.29, 0.717) is 6.10 Å². The van der Waals surface area contributed by atoms with E-state index in [1.165, 1.54) is 6.04 Å². The summed E-state index contributed by atoms with van der Waals surface area (Å²) in [6, 6.07) is 1.23. The minimum Gasteiger partial charge on any atom is -0.427 e. The fourth-order valence-electron chi connectivity index (χ4n) is 2.94. The minimum atomic E-state index is -0.264. The standard InChI is InChI=1S/C13H29NO2Si/c1-12(2)9-11(10-13(3,4)14-12)16-7-6-8-17-15-5/h11,14H,6-10,17H2,1-5H3. The average molecular weight is 259 g/mol. The van der Waals surface area contributed by atoms with Crippen molar-refractivity contribution in [1.29, 1.82) is 0 Å². The van der Waals surface area contributed by atoms with Crippen LogP contribution in [0.3, 0.4) is 0 Å². The average Bonchev–Trinajstić information content (AvgIpc) is 2.12. The monoisotopic (exact) mass is 259 g/mol. The fourth-order valence-corrected chi connectivity index (χ4v) is 3.64. The van der Waals surface area contributed by atoms with Gasteiger partial charge in [-0.05, 0) is 53.0 Å². The fraction of sp³-hybridized carbons (Fsp3) is 1.00. The van der Waals surface area contributed by atoms with Crippen LogP contribution in [0.5, 0.6) is 0 Å². The van der Waals surface area contributed by atoms with Crippen LogP contribution in [0.2, 0.25) is 6.04 Å². The molecule has 0 unspecified atom stereocenters. The summed E-state index contributed by atoms with van der Waals surface area (Å²) in [6.45, 7) is 9.96. The largest absolute Gasteiger partial charge is 0.427 e. The van der Waals surface area contributed by atoms with E-state index in [2.05, 4.69) is 33.0 Å². The number of hydrogen-bond donors (Lipinski definition) is 1. The molecule has 0 spiro atoms. The Hall–Kier alpha value is 0.0969. The van der Waals surface area contributed by atoms with Gasteiger partial charge in [0.15, 0.2) is 9.76 Å². The first kappa shape index (κ1) is 15.2. The van der Waals surface area contributed by atoms with Gasteiger partial charge in [-0.2, -0.15) is 0 Å². The Labute approximate surface area is 109 Å². The van der Waals surface area contributed by atoms with E-state index < -0.39 is 0 Å². The minimum absolute atomic E-state index is 0.188. The number of ether oxygens (including phenoxy) is 1. The highest BCUT2D eigenvalue weighted by Gasteiger charge is 2.37. The Bertz CT molecular complexity index is 215. The third kappa shape index (κ3) is 6.00. The molecule has 0 atom stereocenters. The molecule has 0 saturated carbocycles. The van der Waals surface area contributed by atoms with Crippen LogP contribution in [0.25, 0.3) is 0 Å². The molecule has 0 aliphatic carbocycles. The normalized spacial score (nSPS) is 24.5. The van der Waals surface area contributed by atoms with Gasteiger partial charge in [0.2, 0.25) is 0 Å². The van der Waals surface area contributed by atoms with Gasteiger partial charge in [0.25, 0.3) is 0 Å². The van der Waals surface area contributed by atoms with Crippen molar-refractivity contribution in [1.82, 2.24) is 5.32 Å². The highest BCUT2D eigenvalue weighted by atomic mass is 28.2. The lowest BCUT2D eigenvalue weighted by atomic mass is 9.81. The topological polar surface area (TPSA) is 30.5 Å². The quantitative estimate of drug-likeness (QED) is 0.583. The van der Waals surface area contributed by atoms with E-state index in [9.17, 15) is 0 Å². The van der Waals surface area contributed by atoms with Crippen LogP contribution in [0.15, 0.2) is 0 Å². The third-order valence-electron chi connectivity index (χ3n) is 3.25. The molecular weight excluding hydrogens is 230 g/mol. The summed E-state index contributed by atoms with van der Waals surface area (Å²) < 4.78 is 11.2. The zero-order valence-electron chi connectivity index (χ0n) is 12.1. The molecule has 1 aliphatic heterocycles. The van der Waals surface area contributed by atoms with Crippen molar-refractivity contribution in [2.75, 3.05) is 13.7 Å². The van der Waals surface area contributed by atoms with Crippen molar-refractivity contribution in [2.45, 2.75) is 70.2 Å². The summed E-state index contributed by atoms with van der Waals surface area (Å²) in [4.78, 5) is 0. The molecule has 1 fully saturated rings. The van der Waals surface area contributed by atoms with Crippen LogP contribution in [-0.2, 0) is 9.16 Å². The molecule has 1 N–H and O–H groups in total. The molecule has 1 aliphatic rings. The predicted octanol–water partition coefficient (Wildman–Crippen LogP) is 1.85. The van der Waals surface area contributed by atoms with Crippen LogP contribution in [0.4, 0.5) is 0 Å². The van der Waals surface area contributed by atoms with Crippen LogP contribution in [0, 0.1) is 0 Å². The second-order valence-corrected chi connectivity index (χ2v) is 8.19. The van der Waals surface area contributed by atoms with Gasteiger partial charge >= 0.3 is 0 Å². The molecule has 17 heavy (non-hydrogen) atoms. The summed E-state index contributed by atoms with van der Waals surface area (Å²) >= 11 is 0. The van der Waals surface area contributed by atoms with Crippen molar-refractivity contribution in [3.05, 3.63) is 0 Å². The molecule has 3 nitrogen and oxygen atoms in total. The molecule has 0 bridgehead atoms.